The zero-order valence-corrected chi connectivity index (χ0v) is 36.2. The molecule has 296 valence electrons. The molecule has 2 spiro atoms. The number of anilines is 3. The lowest BCUT2D eigenvalue weighted by Gasteiger charge is -2.78. The third kappa shape index (κ3) is 4.67. The van der Waals surface area contributed by atoms with Crippen LogP contribution in [-0.4, -0.2) is 0 Å². The highest BCUT2D eigenvalue weighted by Gasteiger charge is 2.84. The Kier molecular flexibility index (Phi) is 7.31. The highest BCUT2D eigenvalue weighted by atomic mass is 32.2. The molecule has 6 atom stereocenters. The fourth-order valence-electron chi connectivity index (χ4n) is 14.5. The maximum atomic E-state index is 2.67. The van der Waals surface area contributed by atoms with Crippen LogP contribution < -0.4 is 4.90 Å². The van der Waals surface area contributed by atoms with Crippen LogP contribution in [0.25, 0.3) is 33.0 Å². The van der Waals surface area contributed by atoms with Crippen LogP contribution in [0.5, 0.6) is 0 Å². The van der Waals surface area contributed by atoms with Crippen molar-refractivity contribution in [2.24, 2.45) is 29.1 Å². The van der Waals surface area contributed by atoms with Crippen LogP contribution in [-0.2, 0) is 16.2 Å². The molecular weight excluding hydrogens is 743 g/mol. The van der Waals surface area contributed by atoms with E-state index in [0.29, 0.717) is 5.41 Å². The second-order valence-electron chi connectivity index (χ2n) is 20.8. The Morgan fingerprint density at radius 2 is 1.12 bits per heavy atom. The second kappa shape index (κ2) is 12.3. The molecule has 6 unspecified atom stereocenters. The molecule has 2 heteroatoms. The summed E-state index contributed by atoms with van der Waals surface area (Å²) in [7, 11) is 0. The van der Waals surface area contributed by atoms with E-state index in [1.165, 1.54) is 110 Å². The van der Waals surface area contributed by atoms with Crippen LogP contribution in [0.1, 0.15) is 88.5 Å². The predicted octanol–water partition coefficient (Wildman–Crippen LogP) is 15.8. The molecule has 7 aromatic carbocycles. The maximum absolute atomic E-state index is 2.67. The Hall–Kier alpha value is -5.05. The third-order valence-electron chi connectivity index (χ3n) is 17.3. The Bertz CT molecular complexity index is 2900. The van der Waals surface area contributed by atoms with Crippen molar-refractivity contribution in [1.29, 1.82) is 0 Å². The van der Waals surface area contributed by atoms with Crippen LogP contribution in [0.15, 0.2) is 161 Å². The van der Waals surface area contributed by atoms with Crippen molar-refractivity contribution in [1.82, 2.24) is 0 Å². The minimum absolute atomic E-state index is 0.123. The average molecular weight is 796 g/mol. The minimum atomic E-state index is 0.123. The summed E-state index contributed by atoms with van der Waals surface area (Å²) in [6, 6.07) is 58.4. The SMILES string of the molecule is CC1(C)CCC(C)(C)c2cc(N(c3ccc(-c4ccc(-c5cccc6ccccc56)cc4)cc3)c3ccc4c(c3)C3(c5ccccc5S4)C4CC5CC6CC3C64C5)ccc21. The van der Waals surface area contributed by atoms with E-state index in [0.717, 1.165) is 23.7 Å². The van der Waals surface area contributed by atoms with Gasteiger partial charge in [0, 0.05) is 32.3 Å². The van der Waals surface area contributed by atoms with Crippen molar-refractivity contribution in [2.75, 3.05) is 4.90 Å². The van der Waals surface area contributed by atoms with E-state index in [9.17, 15) is 0 Å². The van der Waals surface area contributed by atoms with Crippen molar-refractivity contribution in [3.8, 4) is 22.3 Å². The summed E-state index contributed by atoms with van der Waals surface area (Å²) in [4.78, 5) is 5.56. The molecule has 7 aromatic rings. The zero-order chi connectivity index (χ0) is 40.2. The highest BCUT2D eigenvalue weighted by Crippen LogP contribution is 2.89. The summed E-state index contributed by atoms with van der Waals surface area (Å²) in [6.07, 6.45) is 8.24. The van der Waals surface area contributed by atoms with E-state index in [4.69, 9.17) is 0 Å². The lowest BCUT2D eigenvalue weighted by atomic mass is 9.26. The number of hydrogen-bond acceptors (Lipinski definition) is 2. The van der Waals surface area contributed by atoms with Gasteiger partial charge in [-0.15, -0.1) is 0 Å². The third-order valence-corrected chi connectivity index (χ3v) is 18.4. The normalized spacial score (nSPS) is 27.9. The quantitative estimate of drug-likeness (QED) is 0.171. The highest BCUT2D eigenvalue weighted by molar-refractivity contribution is 7.99. The second-order valence-corrected chi connectivity index (χ2v) is 21.9. The first-order valence-corrected chi connectivity index (χ1v) is 23.5. The van der Waals surface area contributed by atoms with Crippen molar-refractivity contribution >= 4 is 39.6 Å². The van der Waals surface area contributed by atoms with Gasteiger partial charge in [0.1, 0.15) is 0 Å². The van der Waals surface area contributed by atoms with Crippen LogP contribution in [0, 0.1) is 29.1 Å². The predicted molar refractivity (Wildman–Crippen MR) is 251 cm³/mol. The zero-order valence-electron chi connectivity index (χ0n) is 35.3. The Morgan fingerprint density at radius 1 is 0.500 bits per heavy atom. The first kappa shape index (κ1) is 35.7. The summed E-state index contributed by atoms with van der Waals surface area (Å²) >= 11 is 2.02. The van der Waals surface area contributed by atoms with Gasteiger partial charge in [-0.1, -0.05) is 143 Å². The summed E-state index contributed by atoms with van der Waals surface area (Å²) < 4.78 is 0. The number of hydrogen-bond donors (Lipinski definition) is 0. The van der Waals surface area contributed by atoms with Crippen LogP contribution in [0.3, 0.4) is 0 Å². The van der Waals surface area contributed by atoms with E-state index >= 15 is 0 Å². The molecule has 13 rings (SSSR count). The molecule has 6 aliphatic rings. The molecule has 0 amide bonds. The van der Waals surface area contributed by atoms with Crippen LogP contribution in [0.4, 0.5) is 17.1 Å². The number of nitrogens with zero attached hydrogens (tertiary/aromatic N) is 1. The Balaban J connectivity index is 0.932. The Morgan fingerprint density at radius 3 is 1.92 bits per heavy atom. The summed E-state index contributed by atoms with van der Waals surface area (Å²) in [5.41, 5.74) is 16.1. The Labute approximate surface area is 360 Å². The number of fused-ring (bicyclic) bond motifs is 9. The first-order valence-electron chi connectivity index (χ1n) is 22.7. The van der Waals surface area contributed by atoms with Gasteiger partial charge in [-0.25, -0.2) is 0 Å². The summed E-state index contributed by atoms with van der Waals surface area (Å²) in [5.74, 6) is 3.45. The molecule has 0 saturated heterocycles. The molecule has 5 aliphatic carbocycles. The van der Waals surface area contributed by atoms with E-state index in [2.05, 4.69) is 184 Å². The average Bonchev–Trinajstić information content (AvgIpc) is 3.81. The number of rotatable bonds is 5. The van der Waals surface area contributed by atoms with E-state index in [1.807, 2.05) is 11.8 Å². The standard InChI is InChI=1S/C58H53NS/c1-55(2)28-29-56(3,4)49-33-43(24-26-47(49)55)59(42-22-20-38(21-23-42)37-16-18-40(19-17-37)46-13-9-11-39-10-5-6-12-45(39)46)44-25-27-52-50(34-44)58(48-14-7-8-15-51(48)60-52)53-31-36-30-41-32-54(58)57(41,53)35-36/h5-27,33-34,36,41,53-54H,28-32,35H2,1-4H3. The van der Waals surface area contributed by atoms with E-state index < -0.39 is 0 Å². The topological polar surface area (TPSA) is 3.24 Å². The lowest BCUT2D eigenvalue weighted by Crippen LogP contribution is -2.74. The molecular formula is C58H53NS. The van der Waals surface area contributed by atoms with Gasteiger partial charge in [-0.05, 0) is 182 Å². The van der Waals surface area contributed by atoms with Crippen molar-refractivity contribution < 1.29 is 0 Å². The van der Waals surface area contributed by atoms with Gasteiger partial charge in [0.15, 0.2) is 0 Å². The maximum Gasteiger partial charge on any atom is 0.0465 e. The molecule has 1 nitrogen and oxygen atoms in total. The van der Waals surface area contributed by atoms with E-state index in [1.54, 1.807) is 11.1 Å². The van der Waals surface area contributed by atoms with Gasteiger partial charge >= 0.3 is 0 Å². The van der Waals surface area contributed by atoms with Gasteiger partial charge < -0.3 is 4.90 Å². The molecule has 1 aliphatic heterocycles. The van der Waals surface area contributed by atoms with Crippen molar-refractivity contribution in [3.63, 3.8) is 0 Å². The molecule has 4 fully saturated rings. The number of benzene rings is 7. The smallest absolute Gasteiger partial charge is 0.0465 e. The van der Waals surface area contributed by atoms with Gasteiger partial charge in [0.2, 0.25) is 0 Å². The molecule has 0 aromatic heterocycles. The van der Waals surface area contributed by atoms with Crippen LogP contribution >= 0.6 is 11.8 Å². The lowest BCUT2D eigenvalue weighted by molar-refractivity contribution is -0.235. The summed E-state index contributed by atoms with van der Waals surface area (Å²) in [5, 5.41) is 2.58. The molecule has 1 heterocycles. The minimum Gasteiger partial charge on any atom is -0.310 e. The van der Waals surface area contributed by atoms with Crippen molar-refractivity contribution in [2.45, 2.75) is 92.3 Å². The molecule has 4 saturated carbocycles. The molecule has 60 heavy (non-hydrogen) atoms. The monoisotopic (exact) mass is 795 g/mol. The molecule has 0 N–H and O–H groups in total. The molecule has 0 radical (unpaired) electrons. The van der Waals surface area contributed by atoms with Crippen molar-refractivity contribution in [3.05, 3.63) is 174 Å². The first-order chi connectivity index (χ1) is 29.1. The summed E-state index contributed by atoms with van der Waals surface area (Å²) in [6.45, 7) is 9.80. The van der Waals surface area contributed by atoms with Gasteiger partial charge in [0.25, 0.3) is 0 Å². The molecule has 2 bridgehead atoms. The van der Waals surface area contributed by atoms with Gasteiger partial charge in [0.05, 0.1) is 0 Å². The van der Waals surface area contributed by atoms with E-state index in [-0.39, 0.29) is 16.2 Å². The van der Waals surface area contributed by atoms with Gasteiger partial charge in [-0.2, -0.15) is 0 Å². The fourth-order valence-corrected chi connectivity index (χ4v) is 15.7. The fraction of sp³-hybridized carbons (Fsp3) is 0.310. The van der Waals surface area contributed by atoms with Gasteiger partial charge in [-0.3, -0.25) is 0 Å². The van der Waals surface area contributed by atoms with Crippen LogP contribution in [0.2, 0.25) is 0 Å². The largest absolute Gasteiger partial charge is 0.310 e.